The Bertz CT molecular complexity index is 707. The van der Waals surface area contributed by atoms with Crippen molar-refractivity contribution in [3.8, 4) is 0 Å². The smallest absolute Gasteiger partial charge is 0.254 e. The van der Waals surface area contributed by atoms with Crippen LogP contribution in [0.25, 0.3) is 6.08 Å². The average molecular weight is 357 g/mol. The number of carbonyl (C=O) groups is 1. The highest BCUT2D eigenvalue weighted by atomic mass is 35.5. The highest BCUT2D eigenvalue weighted by molar-refractivity contribution is 5.94. The predicted molar refractivity (Wildman–Crippen MR) is 98.1 cm³/mol. The van der Waals surface area contributed by atoms with Gasteiger partial charge in [-0.05, 0) is 30.7 Å². The van der Waals surface area contributed by atoms with Crippen LogP contribution < -0.4 is 17.3 Å². The summed E-state index contributed by atoms with van der Waals surface area (Å²) in [5, 5.41) is 0. The number of hydrogen-bond acceptors (Lipinski definition) is 1. The molecule has 2 aromatic carbocycles. The molecule has 0 radical (unpaired) electrons. The van der Waals surface area contributed by atoms with E-state index in [2.05, 4.69) is 36.4 Å². The van der Waals surface area contributed by atoms with Crippen LogP contribution in [0.15, 0.2) is 60.7 Å². The topological polar surface area (TPSA) is 24.8 Å². The van der Waals surface area contributed by atoms with Crippen molar-refractivity contribution in [3.63, 3.8) is 0 Å². The van der Waals surface area contributed by atoms with Gasteiger partial charge in [0.05, 0.1) is 32.7 Å². The van der Waals surface area contributed by atoms with Crippen LogP contribution in [-0.4, -0.2) is 43.5 Å². The molecule has 1 aliphatic heterocycles. The van der Waals surface area contributed by atoms with Crippen molar-refractivity contribution in [2.45, 2.75) is 6.92 Å². The Labute approximate surface area is 156 Å². The van der Waals surface area contributed by atoms with E-state index in [1.54, 1.807) is 0 Å². The van der Waals surface area contributed by atoms with Gasteiger partial charge in [0, 0.05) is 5.56 Å². The fourth-order valence-corrected chi connectivity index (χ4v) is 3.12. The van der Waals surface area contributed by atoms with Gasteiger partial charge in [-0.25, -0.2) is 0 Å². The van der Waals surface area contributed by atoms with Crippen molar-refractivity contribution < 1.29 is 22.1 Å². The van der Waals surface area contributed by atoms with Gasteiger partial charge in [0.15, 0.2) is 0 Å². The quantitative estimate of drug-likeness (QED) is 0.751. The van der Waals surface area contributed by atoms with Crippen LogP contribution >= 0.6 is 0 Å². The minimum atomic E-state index is 0. The second-order valence-electron chi connectivity index (χ2n) is 6.43. The maximum atomic E-state index is 12.6. The SMILES string of the molecule is Cc1cccc(C(=O)N2CC[NH+](C/C=C/c3ccccc3)CC2)c1.[Cl-]. The number of carbonyl (C=O) groups excluding carboxylic acids is 1. The number of benzene rings is 2. The third-order valence-corrected chi connectivity index (χ3v) is 4.54. The van der Waals surface area contributed by atoms with Crippen LogP contribution in [0.2, 0.25) is 0 Å². The molecule has 2 aromatic rings. The first-order chi connectivity index (χ1) is 11.7. The molecule has 3 nitrogen and oxygen atoms in total. The van der Waals surface area contributed by atoms with Crippen molar-refractivity contribution in [3.05, 3.63) is 77.4 Å². The van der Waals surface area contributed by atoms with Crippen LogP contribution in [0.1, 0.15) is 21.5 Å². The molecule has 0 saturated carbocycles. The molecular weight excluding hydrogens is 332 g/mol. The van der Waals surface area contributed by atoms with E-state index in [4.69, 9.17) is 0 Å². The van der Waals surface area contributed by atoms with E-state index in [0.717, 1.165) is 43.9 Å². The Morgan fingerprint density at radius 3 is 2.48 bits per heavy atom. The molecule has 1 N–H and O–H groups in total. The Morgan fingerprint density at radius 2 is 1.80 bits per heavy atom. The molecule has 1 heterocycles. The van der Waals surface area contributed by atoms with Crippen LogP contribution in [-0.2, 0) is 0 Å². The Morgan fingerprint density at radius 1 is 1.08 bits per heavy atom. The fourth-order valence-electron chi connectivity index (χ4n) is 3.12. The molecule has 1 fully saturated rings. The lowest BCUT2D eigenvalue weighted by molar-refractivity contribution is -0.898. The molecule has 1 saturated heterocycles. The van der Waals surface area contributed by atoms with Gasteiger partial charge in [-0.15, -0.1) is 0 Å². The second kappa shape index (κ2) is 9.40. The summed E-state index contributed by atoms with van der Waals surface area (Å²) in [6.45, 7) is 6.73. The van der Waals surface area contributed by atoms with Gasteiger partial charge < -0.3 is 22.2 Å². The van der Waals surface area contributed by atoms with Crippen molar-refractivity contribution in [1.29, 1.82) is 0 Å². The molecular formula is C21H25ClN2O. The summed E-state index contributed by atoms with van der Waals surface area (Å²) in [5.74, 6) is 0.164. The third kappa shape index (κ3) is 5.45. The highest BCUT2D eigenvalue weighted by Gasteiger charge is 2.23. The Balaban J connectivity index is 0.00000225. The molecule has 0 aromatic heterocycles. The van der Waals surface area contributed by atoms with E-state index in [1.807, 2.05) is 42.2 Å². The van der Waals surface area contributed by atoms with E-state index in [9.17, 15) is 4.79 Å². The minimum absolute atomic E-state index is 0. The summed E-state index contributed by atoms with van der Waals surface area (Å²) < 4.78 is 0. The van der Waals surface area contributed by atoms with Crippen molar-refractivity contribution >= 4 is 12.0 Å². The first-order valence-electron chi connectivity index (χ1n) is 8.63. The standard InChI is InChI=1S/C21H24N2O.ClH/c1-18-7-5-11-20(17-18)21(24)23-15-13-22(14-16-23)12-6-10-19-8-3-2-4-9-19;/h2-11,17H,12-16H2,1H3;1H/b10-6+;. The summed E-state index contributed by atoms with van der Waals surface area (Å²) in [4.78, 5) is 16.1. The van der Waals surface area contributed by atoms with Gasteiger partial charge in [-0.1, -0.05) is 54.1 Å². The van der Waals surface area contributed by atoms with Gasteiger partial charge in [0.25, 0.3) is 5.91 Å². The lowest BCUT2D eigenvalue weighted by Gasteiger charge is -2.31. The number of aryl methyl sites for hydroxylation is 1. The van der Waals surface area contributed by atoms with E-state index in [0.29, 0.717) is 0 Å². The monoisotopic (exact) mass is 356 g/mol. The molecule has 4 heteroatoms. The maximum Gasteiger partial charge on any atom is 0.254 e. The zero-order chi connectivity index (χ0) is 16.8. The van der Waals surface area contributed by atoms with Crippen molar-refractivity contribution in [2.24, 2.45) is 0 Å². The number of amides is 1. The number of hydrogen-bond donors (Lipinski definition) is 1. The van der Waals surface area contributed by atoms with Gasteiger partial charge in [-0.3, -0.25) is 4.79 Å². The summed E-state index contributed by atoms with van der Waals surface area (Å²) in [5.41, 5.74) is 3.18. The molecule has 1 amide bonds. The molecule has 0 atom stereocenters. The van der Waals surface area contributed by atoms with Gasteiger partial charge in [0.2, 0.25) is 0 Å². The number of nitrogens with zero attached hydrogens (tertiary/aromatic N) is 1. The molecule has 0 bridgehead atoms. The number of quaternary nitrogens is 1. The number of piperazine rings is 1. The van der Waals surface area contributed by atoms with Crippen LogP contribution in [0.5, 0.6) is 0 Å². The lowest BCUT2D eigenvalue weighted by Crippen LogP contribution is -3.14. The van der Waals surface area contributed by atoms with Crippen molar-refractivity contribution in [2.75, 3.05) is 32.7 Å². The summed E-state index contributed by atoms with van der Waals surface area (Å²) >= 11 is 0. The summed E-state index contributed by atoms with van der Waals surface area (Å²) in [6.07, 6.45) is 4.42. The Kier molecular flexibility index (Phi) is 7.23. The van der Waals surface area contributed by atoms with Crippen LogP contribution in [0.4, 0.5) is 0 Å². The highest BCUT2D eigenvalue weighted by Crippen LogP contribution is 2.08. The lowest BCUT2D eigenvalue weighted by atomic mass is 10.1. The first kappa shape index (κ1) is 19.2. The molecule has 3 rings (SSSR count). The fraction of sp³-hybridized carbons (Fsp3) is 0.286. The van der Waals surface area contributed by atoms with E-state index in [-0.39, 0.29) is 18.3 Å². The second-order valence-corrected chi connectivity index (χ2v) is 6.43. The predicted octanol–water partition coefficient (Wildman–Crippen LogP) is -0.947. The molecule has 0 unspecified atom stereocenters. The molecule has 25 heavy (non-hydrogen) atoms. The van der Waals surface area contributed by atoms with Crippen LogP contribution in [0, 0.1) is 6.92 Å². The molecule has 0 spiro atoms. The zero-order valence-electron chi connectivity index (χ0n) is 14.6. The van der Waals surface area contributed by atoms with Crippen molar-refractivity contribution in [1.82, 2.24) is 4.90 Å². The zero-order valence-corrected chi connectivity index (χ0v) is 15.4. The average Bonchev–Trinajstić information content (AvgIpc) is 2.63. The third-order valence-electron chi connectivity index (χ3n) is 4.54. The van der Waals surface area contributed by atoms with Gasteiger partial charge in [-0.2, -0.15) is 0 Å². The summed E-state index contributed by atoms with van der Waals surface area (Å²) in [7, 11) is 0. The van der Waals surface area contributed by atoms with E-state index < -0.39 is 0 Å². The summed E-state index contributed by atoms with van der Waals surface area (Å²) in [6, 6.07) is 18.3. The van der Waals surface area contributed by atoms with Crippen LogP contribution in [0.3, 0.4) is 0 Å². The van der Waals surface area contributed by atoms with Gasteiger partial charge in [0.1, 0.15) is 0 Å². The van der Waals surface area contributed by atoms with Gasteiger partial charge >= 0.3 is 0 Å². The first-order valence-corrected chi connectivity index (χ1v) is 8.63. The van der Waals surface area contributed by atoms with E-state index >= 15 is 0 Å². The number of rotatable bonds is 4. The molecule has 0 aliphatic carbocycles. The van der Waals surface area contributed by atoms with E-state index in [1.165, 1.54) is 10.5 Å². The molecule has 1 aliphatic rings. The largest absolute Gasteiger partial charge is 1.00 e. The Hall–Kier alpha value is -2.10. The minimum Gasteiger partial charge on any atom is -1.00 e. The number of halogens is 1. The number of nitrogens with one attached hydrogen (secondary N) is 1. The maximum absolute atomic E-state index is 12.6. The molecule has 132 valence electrons. The normalized spacial score (nSPS) is 15.2.